The first kappa shape index (κ1) is 31.0. The van der Waals surface area contributed by atoms with E-state index in [2.05, 4.69) is 4.90 Å². The molecule has 0 saturated carbocycles. The van der Waals surface area contributed by atoms with Gasteiger partial charge < -0.3 is 33.9 Å². The minimum Gasteiger partial charge on any atom is -0.504 e. The molecule has 2 bridgehead atoms. The van der Waals surface area contributed by atoms with Gasteiger partial charge in [-0.1, -0.05) is 36.4 Å². The normalized spacial score (nSPS) is 24.3. The molecule has 0 amide bonds. The van der Waals surface area contributed by atoms with Crippen LogP contribution in [0.4, 0.5) is 0 Å². The number of rotatable bonds is 6. The molecule has 4 aliphatic rings. The fourth-order valence-electron chi connectivity index (χ4n) is 8.02. The minimum atomic E-state index is -0.980. The number of methoxy groups -OCH3 is 1. The number of carbonyl (C=O) groups is 2. The van der Waals surface area contributed by atoms with Crippen LogP contribution in [0.3, 0.4) is 0 Å². The number of aliphatic hydroxyl groups is 1. The molecule has 3 aromatic rings. The van der Waals surface area contributed by atoms with Crippen molar-refractivity contribution >= 4 is 18.0 Å². The average Bonchev–Trinajstić information content (AvgIpc) is 3.54. The Morgan fingerprint density at radius 1 is 1.04 bits per heavy atom. The van der Waals surface area contributed by atoms with E-state index in [1.807, 2.05) is 62.2 Å². The van der Waals surface area contributed by atoms with Gasteiger partial charge in [-0.15, -0.1) is 0 Å². The van der Waals surface area contributed by atoms with Gasteiger partial charge in [0.2, 0.25) is 6.79 Å². The van der Waals surface area contributed by atoms with E-state index in [0.717, 1.165) is 22.3 Å². The number of likely N-dealkylation sites (N-methyl/N-ethyl adjacent to an activating group) is 1. The van der Waals surface area contributed by atoms with Crippen molar-refractivity contribution in [3.63, 3.8) is 0 Å². The number of hydrogen-bond acceptors (Lipinski definition) is 11. The SMILES string of the molecule is COc1c(C)cc2c(c1O)[C@@H]1C3Cc4c(OC(C)=O)c(C)c5c(c4[C@H](COC(=O)/C=C/c4ccccc4)N3[C@@H](O)[C@H](C2)N1C)OCO5. The van der Waals surface area contributed by atoms with Crippen LogP contribution in [0.15, 0.2) is 42.5 Å². The predicted molar refractivity (Wildman–Crippen MR) is 171 cm³/mol. The van der Waals surface area contributed by atoms with Gasteiger partial charge in [0, 0.05) is 41.3 Å². The number of ether oxygens (including phenoxy) is 5. The van der Waals surface area contributed by atoms with Crippen LogP contribution >= 0.6 is 0 Å². The molecule has 47 heavy (non-hydrogen) atoms. The first-order chi connectivity index (χ1) is 22.6. The van der Waals surface area contributed by atoms with Crippen molar-refractivity contribution in [2.75, 3.05) is 27.6 Å². The number of aromatic hydroxyl groups is 1. The Kier molecular flexibility index (Phi) is 7.86. The number of nitrogens with zero attached hydrogens (tertiary/aromatic N) is 2. The lowest BCUT2D eigenvalue weighted by Gasteiger charge is -2.60. The van der Waals surface area contributed by atoms with Crippen LogP contribution in [0.2, 0.25) is 0 Å². The van der Waals surface area contributed by atoms with Crippen LogP contribution in [0, 0.1) is 13.8 Å². The van der Waals surface area contributed by atoms with E-state index in [0.29, 0.717) is 52.5 Å². The Hall–Kier alpha value is -4.58. The van der Waals surface area contributed by atoms with E-state index in [9.17, 15) is 19.8 Å². The van der Waals surface area contributed by atoms with E-state index >= 15 is 0 Å². The van der Waals surface area contributed by atoms with Gasteiger partial charge in [-0.05, 0) is 56.5 Å². The van der Waals surface area contributed by atoms with Crippen molar-refractivity contribution in [2.45, 2.75) is 64.0 Å². The molecule has 0 spiro atoms. The van der Waals surface area contributed by atoms with Crippen molar-refractivity contribution in [3.05, 3.63) is 81.4 Å². The Balaban J connectivity index is 1.37. The fourth-order valence-corrected chi connectivity index (χ4v) is 8.02. The lowest BCUT2D eigenvalue weighted by molar-refractivity contribution is -0.182. The molecule has 0 aromatic heterocycles. The van der Waals surface area contributed by atoms with Gasteiger partial charge >= 0.3 is 11.9 Å². The van der Waals surface area contributed by atoms with Gasteiger partial charge in [-0.3, -0.25) is 14.6 Å². The third-order valence-corrected chi connectivity index (χ3v) is 9.94. The van der Waals surface area contributed by atoms with Gasteiger partial charge in [0.1, 0.15) is 18.6 Å². The van der Waals surface area contributed by atoms with Gasteiger partial charge in [-0.2, -0.15) is 0 Å². The molecule has 1 fully saturated rings. The van der Waals surface area contributed by atoms with E-state index in [1.165, 1.54) is 20.1 Å². The monoisotopic (exact) mass is 642 g/mol. The van der Waals surface area contributed by atoms with E-state index in [4.69, 9.17) is 23.7 Å². The maximum Gasteiger partial charge on any atom is 0.330 e. The number of phenolic OH excluding ortho intramolecular Hbond substituents is 1. The van der Waals surface area contributed by atoms with E-state index in [-0.39, 0.29) is 31.2 Å². The molecule has 3 aromatic carbocycles. The van der Waals surface area contributed by atoms with Crippen LogP contribution in [0.5, 0.6) is 28.7 Å². The molecule has 0 radical (unpaired) electrons. The van der Waals surface area contributed by atoms with Gasteiger partial charge in [0.05, 0.1) is 25.2 Å². The van der Waals surface area contributed by atoms with Crippen LogP contribution < -0.4 is 18.9 Å². The highest BCUT2D eigenvalue weighted by Crippen LogP contribution is 2.58. The third kappa shape index (κ3) is 5.00. The zero-order valence-electron chi connectivity index (χ0n) is 27.0. The van der Waals surface area contributed by atoms with Crippen molar-refractivity contribution in [2.24, 2.45) is 0 Å². The average molecular weight is 643 g/mol. The van der Waals surface area contributed by atoms with Crippen molar-refractivity contribution < 1.29 is 43.5 Å². The Labute approximate surface area is 272 Å². The summed E-state index contributed by atoms with van der Waals surface area (Å²) in [5, 5.41) is 23.8. The number of phenols is 1. The van der Waals surface area contributed by atoms with Crippen molar-refractivity contribution in [3.8, 4) is 28.7 Å². The number of esters is 2. The quantitative estimate of drug-likeness (QED) is 0.229. The summed E-state index contributed by atoms with van der Waals surface area (Å²) in [4.78, 5) is 29.6. The smallest absolute Gasteiger partial charge is 0.330 e. The number of fused-ring (bicyclic) bond motifs is 9. The Morgan fingerprint density at radius 3 is 2.51 bits per heavy atom. The summed E-state index contributed by atoms with van der Waals surface area (Å²) >= 11 is 0. The van der Waals surface area contributed by atoms with Crippen molar-refractivity contribution in [1.29, 1.82) is 0 Å². The second-order valence-corrected chi connectivity index (χ2v) is 12.6. The van der Waals surface area contributed by atoms with E-state index in [1.54, 1.807) is 6.08 Å². The number of aliphatic hydroxyl groups excluding tert-OH is 1. The first-order valence-electron chi connectivity index (χ1n) is 15.7. The fraction of sp³-hybridized carbons (Fsp3) is 0.389. The molecule has 2 N–H and O–H groups in total. The summed E-state index contributed by atoms with van der Waals surface area (Å²) < 4.78 is 29.3. The molecule has 11 nitrogen and oxygen atoms in total. The standard InChI is InChI=1S/C36H38N2O9/c1-18-13-22-14-25-36(42)38-24(30(37(25)4)28(22)31(41)32(18)43-5)15-23-29(35-34(45-17-46-35)19(2)33(23)47-20(3)39)26(38)16-44-27(40)12-11-21-9-7-6-8-10-21/h6-13,24-26,30,36,41-42H,14-17H2,1-5H3/b12-11+/t24?,25-,26-,30-,36-/m0/s1. The van der Waals surface area contributed by atoms with Crippen LogP contribution in [-0.2, 0) is 27.2 Å². The largest absolute Gasteiger partial charge is 0.504 e. The summed E-state index contributed by atoms with van der Waals surface area (Å²) in [6.45, 7) is 4.89. The third-order valence-electron chi connectivity index (χ3n) is 9.94. The van der Waals surface area contributed by atoms with Crippen molar-refractivity contribution in [1.82, 2.24) is 9.80 Å². The highest BCUT2D eigenvalue weighted by Gasteiger charge is 2.56. The van der Waals surface area contributed by atoms with Crippen LogP contribution in [0.1, 0.15) is 58.0 Å². The van der Waals surface area contributed by atoms with Gasteiger partial charge in [0.25, 0.3) is 0 Å². The zero-order chi connectivity index (χ0) is 33.1. The van der Waals surface area contributed by atoms with Gasteiger partial charge in [-0.25, -0.2) is 4.79 Å². The molecule has 4 aliphatic heterocycles. The highest BCUT2D eigenvalue weighted by molar-refractivity contribution is 5.87. The molecule has 1 unspecified atom stereocenters. The summed E-state index contributed by atoms with van der Waals surface area (Å²) in [6, 6.07) is 9.59. The van der Waals surface area contributed by atoms with Gasteiger partial charge in [0.15, 0.2) is 23.0 Å². The lowest BCUT2D eigenvalue weighted by Crippen LogP contribution is -2.68. The number of benzene rings is 3. The maximum absolute atomic E-state index is 13.1. The first-order valence-corrected chi connectivity index (χ1v) is 15.7. The van der Waals surface area contributed by atoms with Crippen LogP contribution in [0.25, 0.3) is 6.08 Å². The molecule has 5 atom stereocenters. The molecular formula is C36H38N2O9. The Bertz CT molecular complexity index is 1790. The maximum atomic E-state index is 13.1. The molecule has 7 rings (SSSR count). The second-order valence-electron chi connectivity index (χ2n) is 12.6. The minimum absolute atomic E-state index is 0.0289. The molecule has 246 valence electrons. The summed E-state index contributed by atoms with van der Waals surface area (Å²) in [5.74, 6) is 0.710. The molecule has 0 aliphatic carbocycles. The number of hydrogen-bond donors (Lipinski definition) is 2. The summed E-state index contributed by atoms with van der Waals surface area (Å²) in [5.41, 5.74) is 5.29. The molecular weight excluding hydrogens is 604 g/mol. The number of aryl methyl sites for hydroxylation is 1. The highest BCUT2D eigenvalue weighted by atomic mass is 16.7. The summed E-state index contributed by atoms with van der Waals surface area (Å²) in [7, 11) is 3.48. The molecule has 4 heterocycles. The number of piperazine rings is 1. The zero-order valence-corrected chi connectivity index (χ0v) is 27.0. The number of carbonyl (C=O) groups excluding carboxylic acids is 2. The Morgan fingerprint density at radius 2 is 1.79 bits per heavy atom. The topological polar surface area (TPSA) is 127 Å². The predicted octanol–water partition coefficient (Wildman–Crippen LogP) is 4.13. The summed E-state index contributed by atoms with van der Waals surface area (Å²) in [6.07, 6.45) is 2.89. The second kappa shape index (κ2) is 11.9. The molecule has 11 heteroatoms. The lowest BCUT2D eigenvalue weighted by atomic mass is 9.73. The van der Waals surface area contributed by atoms with Crippen LogP contribution in [-0.4, -0.2) is 77.8 Å². The van der Waals surface area contributed by atoms with E-state index < -0.39 is 30.3 Å². The molecule has 1 saturated heterocycles.